The molecule has 0 rings (SSSR count). The molecule has 0 spiro atoms. The zero-order valence-electron chi connectivity index (χ0n) is 35.7. The second-order valence-electron chi connectivity index (χ2n) is 15.5. The molecule has 0 aromatic carbocycles. The normalized spacial score (nSPS) is 12.6. The first-order valence-corrected chi connectivity index (χ1v) is 23.2. The molecule has 5 heteroatoms. The van der Waals surface area contributed by atoms with Gasteiger partial charge in [-0.3, -0.25) is 9.59 Å². The molecule has 5 nitrogen and oxygen atoms in total. The van der Waals surface area contributed by atoms with E-state index in [0.29, 0.717) is 12.8 Å². The molecule has 0 bridgehead atoms. The SMILES string of the molecule is CCCCCC=CCC=CCC=CCC=CCCCCCC(=O)OCC(CO)OC(=O)CCCCCCCCCCCCCCCCCCCCCCC. The third kappa shape index (κ3) is 42.6. The van der Waals surface area contributed by atoms with E-state index in [1.54, 1.807) is 0 Å². The van der Waals surface area contributed by atoms with Crippen LogP contribution < -0.4 is 0 Å². The summed E-state index contributed by atoms with van der Waals surface area (Å²) in [4.78, 5) is 24.4. The summed E-state index contributed by atoms with van der Waals surface area (Å²) in [5.74, 6) is -0.619. The standard InChI is InChI=1S/C49H88O5/c1-3-5-7-9-11-13-15-17-19-21-23-24-26-28-30-32-34-36-38-40-42-44-49(52)54-47(45-50)46-53-48(51)43-41-39-37-35-33-31-29-27-25-22-20-18-16-14-12-10-8-6-4-2/h12,14,18,20,25,27,31,33,47,50H,3-11,13,15-17,19,21-24,26,28-30,32,34-46H2,1-2H3. The predicted molar refractivity (Wildman–Crippen MR) is 233 cm³/mol. The molecule has 0 aromatic rings. The van der Waals surface area contributed by atoms with E-state index in [9.17, 15) is 14.7 Å². The minimum Gasteiger partial charge on any atom is -0.462 e. The molecule has 0 fully saturated rings. The summed E-state index contributed by atoms with van der Waals surface area (Å²) in [5.41, 5.74) is 0. The Morgan fingerprint density at radius 1 is 0.426 bits per heavy atom. The van der Waals surface area contributed by atoms with Crippen LogP contribution in [0.2, 0.25) is 0 Å². The minimum absolute atomic E-state index is 0.0808. The number of aliphatic hydroxyl groups is 1. The Morgan fingerprint density at radius 2 is 0.741 bits per heavy atom. The van der Waals surface area contributed by atoms with Crippen LogP contribution in [0.5, 0.6) is 0 Å². The number of allylic oxidation sites excluding steroid dienone is 8. The van der Waals surface area contributed by atoms with Crippen molar-refractivity contribution in [1.82, 2.24) is 0 Å². The largest absolute Gasteiger partial charge is 0.462 e. The number of hydrogen-bond donors (Lipinski definition) is 1. The maximum atomic E-state index is 12.2. The van der Waals surface area contributed by atoms with Gasteiger partial charge in [-0.1, -0.05) is 210 Å². The molecule has 1 unspecified atom stereocenters. The van der Waals surface area contributed by atoms with Crippen LogP contribution in [0.1, 0.15) is 232 Å². The van der Waals surface area contributed by atoms with Gasteiger partial charge in [-0.2, -0.15) is 0 Å². The van der Waals surface area contributed by atoms with Crippen LogP contribution in [-0.4, -0.2) is 36.4 Å². The lowest BCUT2D eigenvalue weighted by Gasteiger charge is -2.15. The maximum Gasteiger partial charge on any atom is 0.306 e. The number of carbonyl (C=O) groups excluding carboxylic acids is 2. The molecular formula is C49H88O5. The smallest absolute Gasteiger partial charge is 0.306 e. The van der Waals surface area contributed by atoms with E-state index in [1.807, 2.05) is 0 Å². The van der Waals surface area contributed by atoms with Crippen LogP contribution in [-0.2, 0) is 19.1 Å². The van der Waals surface area contributed by atoms with Crippen molar-refractivity contribution in [1.29, 1.82) is 0 Å². The van der Waals surface area contributed by atoms with E-state index in [4.69, 9.17) is 9.47 Å². The van der Waals surface area contributed by atoms with Gasteiger partial charge < -0.3 is 14.6 Å². The van der Waals surface area contributed by atoms with E-state index in [1.165, 1.54) is 141 Å². The maximum absolute atomic E-state index is 12.2. The Bertz CT molecular complexity index is 904. The Kier molecular flexibility index (Phi) is 43.5. The molecule has 0 heterocycles. The van der Waals surface area contributed by atoms with Crippen LogP contribution in [0, 0.1) is 0 Å². The molecule has 54 heavy (non-hydrogen) atoms. The van der Waals surface area contributed by atoms with E-state index in [0.717, 1.165) is 64.2 Å². The van der Waals surface area contributed by atoms with Crippen molar-refractivity contribution < 1.29 is 24.2 Å². The summed E-state index contributed by atoms with van der Waals surface area (Å²) in [5, 5.41) is 9.59. The average molecular weight is 757 g/mol. The number of ether oxygens (including phenoxy) is 2. The van der Waals surface area contributed by atoms with Crippen molar-refractivity contribution in [3.8, 4) is 0 Å². The van der Waals surface area contributed by atoms with Crippen LogP contribution in [0.15, 0.2) is 48.6 Å². The van der Waals surface area contributed by atoms with Crippen LogP contribution in [0.3, 0.4) is 0 Å². The van der Waals surface area contributed by atoms with Crippen LogP contribution >= 0.6 is 0 Å². The summed E-state index contributed by atoms with van der Waals surface area (Å²) < 4.78 is 10.6. The number of unbranched alkanes of at least 4 members (excludes halogenated alkanes) is 26. The molecular weight excluding hydrogens is 669 g/mol. The van der Waals surface area contributed by atoms with Gasteiger partial charge in [0.05, 0.1) is 6.61 Å². The molecule has 1 atom stereocenters. The van der Waals surface area contributed by atoms with E-state index in [-0.39, 0.29) is 25.2 Å². The highest BCUT2D eigenvalue weighted by molar-refractivity contribution is 5.70. The Morgan fingerprint density at radius 3 is 1.15 bits per heavy atom. The van der Waals surface area contributed by atoms with Gasteiger partial charge in [-0.05, 0) is 57.8 Å². The van der Waals surface area contributed by atoms with Gasteiger partial charge in [0.25, 0.3) is 0 Å². The van der Waals surface area contributed by atoms with Crippen LogP contribution in [0.25, 0.3) is 0 Å². The average Bonchev–Trinajstić information content (AvgIpc) is 3.17. The highest BCUT2D eigenvalue weighted by atomic mass is 16.6. The number of hydrogen-bond acceptors (Lipinski definition) is 5. The zero-order chi connectivity index (χ0) is 39.3. The molecule has 0 saturated heterocycles. The van der Waals surface area contributed by atoms with Crippen molar-refractivity contribution in [3.05, 3.63) is 48.6 Å². The van der Waals surface area contributed by atoms with Crippen molar-refractivity contribution in [2.24, 2.45) is 0 Å². The van der Waals surface area contributed by atoms with E-state index >= 15 is 0 Å². The summed E-state index contributed by atoms with van der Waals surface area (Å²) in [7, 11) is 0. The number of esters is 2. The topological polar surface area (TPSA) is 72.8 Å². The lowest BCUT2D eigenvalue weighted by atomic mass is 10.0. The Balaban J connectivity index is 3.56. The molecule has 0 aromatic heterocycles. The zero-order valence-corrected chi connectivity index (χ0v) is 35.7. The highest BCUT2D eigenvalue weighted by Gasteiger charge is 2.16. The quantitative estimate of drug-likeness (QED) is 0.0381. The lowest BCUT2D eigenvalue weighted by molar-refractivity contribution is -0.161. The van der Waals surface area contributed by atoms with Crippen molar-refractivity contribution in [2.45, 2.75) is 238 Å². The lowest BCUT2D eigenvalue weighted by Crippen LogP contribution is -2.28. The Hall–Kier alpha value is -2.14. The van der Waals surface area contributed by atoms with Gasteiger partial charge in [0, 0.05) is 12.8 Å². The number of aliphatic hydroxyl groups excluding tert-OH is 1. The molecule has 0 radical (unpaired) electrons. The third-order valence-electron chi connectivity index (χ3n) is 10.1. The van der Waals surface area contributed by atoms with Gasteiger partial charge in [0.2, 0.25) is 0 Å². The van der Waals surface area contributed by atoms with E-state index in [2.05, 4.69) is 62.5 Å². The Labute approximate surface area is 335 Å². The monoisotopic (exact) mass is 757 g/mol. The molecule has 1 N–H and O–H groups in total. The summed E-state index contributed by atoms with van der Waals surface area (Å²) >= 11 is 0. The van der Waals surface area contributed by atoms with Crippen molar-refractivity contribution in [2.75, 3.05) is 13.2 Å². The van der Waals surface area contributed by atoms with Gasteiger partial charge in [-0.25, -0.2) is 0 Å². The molecule has 0 aliphatic carbocycles. The summed E-state index contributed by atoms with van der Waals surface area (Å²) in [6, 6.07) is 0. The van der Waals surface area contributed by atoms with E-state index < -0.39 is 6.10 Å². The molecule has 314 valence electrons. The van der Waals surface area contributed by atoms with Crippen molar-refractivity contribution >= 4 is 11.9 Å². The van der Waals surface area contributed by atoms with Crippen molar-refractivity contribution in [3.63, 3.8) is 0 Å². The molecule has 0 aliphatic heterocycles. The number of carbonyl (C=O) groups is 2. The first kappa shape index (κ1) is 51.9. The third-order valence-corrected chi connectivity index (χ3v) is 10.1. The fourth-order valence-electron chi connectivity index (χ4n) is 6.60. The number of rotatable bonds is 42. The van der Waals surface area contributed by atoms with Gasteiger partial charge >= 0.3 is 11.9 Å². The summed E-state index contributed by atoms with van der Waals surface area (Å²) in [6.07, 6.45) is 57.6. The summed E-state index contributed by atoms with van der Waals surface area (Å²) in [6.45, 7) is 4.10. The fourth-order valence-corrected chi connectivity index (χ4v) is 6.60. The molecule has 0 saturated carbocycles. The first-order valence-electron chi connectivity index (χ1n) is 23.2. The second kappa shape index (κ2) is 45.3. The minimum atomic E-state index is -0.783. The molecule has 0 aliphatic rings. The second-order valence-corrected chi connectivity index (χ2v) is 15.5. The first-order chi connectivity index (χ1) is 26.6. The molecule has 0 amide bonds. The van der Waals surface area contributed by atoms with Gasteiger partial charge in [0.15, 0.2) is 6.10 Å². The van der Waals surface area contributed by atoms with Gasteiger partial charge in [-0.15, -0.1) is 0 Å². The predicted octanol–water partition coefficient (Wildman–Crippen LogP) is 15.0. The van der Waals surface area contributed by atoms with Crippen LogP contribution in [0.4, 0.5) is 0 Å². The highest BCUT2D eigenvalue weighted by Crippen LogP contribution is 2.16. The van der Waals surface area contributed by atoms with Gasteiger partial charge in [0.1, 0.15) is 6.61 Å². The fraction of sp³-hybridized carbons (Fsp3) is 0.796.